The number of hydrogen-bond acceptors (Lipinski definition) is 4. The Kier molecular flexibility index (Phi) is 7.29. The van der Waals surface area contributed by atoms with Crippen molar-refractivity contribution < 1.29 is 14.6 Å². The standard InChI is InChI=1S/C16H24N2O3.ClH/c1-12(19)14-4-2-13(3-5-14)10-18-15(20)16(11-17)6-8-21-9-7-16;/h2-5,12,19H,6-11,17H2,1H3,(H,18,20);1H. The van der Waals surface area contributed by atoms with Gasteiger partial charge in [0.2, 0.25) is 5.91 Å². The maximum Gasteiger partial charge on any atom is 0.227 e. The van der Waals surface area contributed by atoms with E-state index in [0.717, 1.165) is 11.1 Å². The predicted octanol–water partition coefficient (Wildman–Crippen LogP) is 1.53. The van der Waals surface area contributed by atoms with Gasteiger partial charge in [-0.3, -0.25) is 4.79 Å². The highest BCUT2D eigenvalue weighted by Gasteiger charge is 2.38. The summed E-state index contributed by atoms with van der Waals surface area (Å²) in [5.74, 6) is 0.00732. The lowest BCUT2D eigenvalue weighted by Crippen LogP contribution is -2.48. The molecule has 2 rings (SSSR count). The zero-order valence-corrected chi connectivity index (χ0v) is 13.7. The van der Waals surface area contributed by atoms with Crippen LogP contribution in [0.25, 0.3) is 0 Å². The van der Waals surface area contributed by atoms with Crippen LogP contribution in [-0.4, -0.2) is 30.8 Å². The molecular weight excluding hydrogens is 304 g/mol. The van der Waals surface area contributed by atoms with Gasteiger partial charge in [-0.05, 0) is 30.9 Å². The molecule has 1 aromatic carbocycles. The smallest absolute Gasteiger partial charge is 0.227 e. The summed E-state index contributed by atoms with van der Waals surface area (Å²) in [4.78, 5) is 12.4. The molecule has 0 aromatic heterocycles. The fourth-order valence-corrected chi connectivity index (χ4v) is 2.57. The topological polar surface area (TPSA) is 84.6 Å². The number of ether oxygens (including phenoxy) is 1. The molecule has 22 heavy (non-hydrogen) atoms. The maximum atomic E-state index is 12.4. The molecule has 1 aromatic rings. The molecule has 1 heterocycles. The van der Waals surface area contributed by atoms with Crippen molar-refractivity contribution in [2.24, 2.45) is 11.1 Å². The summed E-state index contributed by atoms with van der Waals surface area (Å²) in [7, 11) is 0. The zero-order chi connectivity index (χ0) is 15.3. The number of amides is 1. The van der Waals surface area contributed by atoms with E-state index in [4.69, 9.17) is 10.5 Å². The molecule has 0 spiro atoms. The van der Waals surface area contributed by atoms with E-state index in [1.54, 1.807) is 6.92 Å². The van der Waals surface area contributed by atoms with Gasteiger partial charge in [0.05, 0.1) is 11.5 Å². The normalized spacial score (nSPS) is 18.1. The monoisotopic (exact) mass is 328 g/mol. The van der Waals surface area contributed by atoms with Gasteiger partial charge in [0.15, 0.2) is 0 Å². The lowest BCUT2D eigenvalue weighted by molar-refractivity contribution is -0.136. The number of nitrogens with two attached hydrogens (primary N) is 1. The third-order valence-corrected chi connectivity index (χ3v) is 4.24. The molecular formula is C16H25ClN2O3. The lowest BCUT2D eigenvalue weighted by Gasteiger charge is -2.34. The van der Waals surface area contributed by atoms with Gasteiger partial charge in [0.25, 0.3) is 0 Å². The average molecular weight is 329 g/mol. The summed E-state index contributed by atoms with van der Waals surface area (Å²) in [5, 5.41) is 12.4. The molecule has 6 heteroatoms. The lowest BCUT2D eigenvalue weighted by atomic mass is 9.79. The molecule has 124 valence electrons. The fraction of sp³-hybridized carbons (Fsp3) is 0.562. The van der Waals surface area contributed by atoms with Crippen molar-refractivity contribution >= 4 is 18.3 Å². The third kappa shape index (κ3) is 4.43. The Balaban J connectivity index is 0.00000242. The van der Waals surface area contributed by atoms with Crippen molar-refractivity contribution in [3.8, 4) is 0 Å². The van der Waals surface area contributed by atoms with E-state index in [2.05, 4.69) is 5.32 Å². The number of rotatable bonds is 5. The van der Waals surface area contributed by atoms with E-state index in [1.807, 2.05) is 24.3 Å². The van der Waals surface area contributed by atoms with Crippen LogP contribution in [0.15, 0.2) is 24.3 Å². The molecule has 0 aliphatic carbocycles. The van der Waals surface area contributed by atoms with Crippen LogP contribution in [0.4, 0.5) is 0 Å². The number of carbonyl (C=O) groups is 1. The second kappa shape index (κ2) is 8.48. The Morgan fingerprint density at radius 3 is 2.45 bits per heavy atom. The SMILES string of the molecule is CC(O)c1ccc(CNC(=O)C2(CN)CCOCC2)cc1.Cl. The number of nitrogens with one attached hydrogen (secondary N) is 1. The van der Waals surface area contributed by atoms with Gasteiger partial charge in [-0.25, -0.2) is 0 Å². The minimum absolute atomic E-state index is 0. The number of aliphatic hydroxyl groups excluding tert-OH is 1. The summed E-state index contributed by atoms with van der Waals surface area (Å²) in [6.07, 6.45) is 0.878. The molecule has 0 radical (unpaired) electrons. The van der Waals surface area contributed by atoms with Crippen LogP contribution in [0.1, 0.15) is 37.0 Å². The minimum Gasteiger partial charge on any atom is -0.389 e. The maximum absolute atomic E-state index is 12.4. The highest BCUT2D eigenvalue weighted by atomic mass is 35.5. The quantitative estimate of drug-likeness (QED) is 0.765. The molecule has 1 unspecified atom stereocenters. The average Bonchev–Trinajstić information content (AvgIpc) is 2.53. The fourth-order valence-electron chi connectivity index (χ4n) is 2.57. The second-order valence-electron chi connectivity index (χ2n) is 5.70. The Morgan fingerprint density at radius 2 is 1.95 bits per heavy atom. The molecule has 5 nitrogen and oxygen atoms in total. The van der Waals surface area contributed by atoms with Gasteiger partial charge in [0.1, 0.15) is 0 Å². The van der Waals surface area contributed by atoms with Crippen LogP contribution in [0, 0.1) is 5.41 Å². The van der Waals surface area contributed by atoms with E-state index in [1.165, 1.54) is 0 Å². The van der Waals surface area contributed by atoms with Crippen LogP contribution in [0.3, 0.4) is 0 Å². The Bertz CT molecular complexity index is 471. The molecule has 1 atom stereocenters. The first-order valence-corrected chi connectivity index (χ1v) is 7.40. The van der Waals surface area contributed by atoms with E-state index in [-0.39, 0.29) is 18.3 Å². The van der Waals surface area contributed by atoms with Gasteiger partial charge in [0, 0.05) is 26.3 Å². The summed E-state index contributed by atoms with van der Waals surface area (Å²) in [5.41, 5.74) is 7.20. The van der Waals surface area contributed by atoms with Gasteiger partial charge in [-0.2, -0.15) is 0 Å². The number of halogens is 1. The molecule has 1 amide bonds. The molecule has 1 saturated heterocycles. The highest BCUT2D eigenvalue weighted by molar-refractivity contribution is 5.85. The number of carbonyl (C=O) groups excluding carboxylic acids is 1. The van der Waals surface area contributed by atoms with Crippen LogP contribution in [0.2, 0.25) is 0 Å². The summed E-state index contributed by atoms with van der Waals surface area (Å²) in [6, 6.07) is 7.58. The van der Waals surface area contributed by atoms with E-state index in [0.29, 0.717) is 39.1 Å². The Morgan fingerprint density at radius 1 is 1.36 bits per heavy atom. The summed E-state index contributed by atoms with van der Waals surface area (Å²) in [6.45, 7) is 3.74. The van der Waals surface area contributed by atoms with Gasteiger partial charge >= 0.3 is 0 Å². The van der Waals surface area contributed by atoms with E-state index >= 15 is 0 Å². The van der Waals surface area contributed by atoms with Gasteiger partial charge in [-0.1, -0.05) is 24.3 Å². The van der Waals surface area contributed by atoms with Gasteiger partial charge in [-0.15, -0.1) is 12.4 Å². The van der Waals surface area contributed by atoms with Crippen molar-refractivity contribution in [2.75, 3.05) is 19.8 Å². The Labute approximate surface area is 137 Å². The van der Waals surface area contributed by atoms with Crippen LogP contribution in [-0.2, 0) is 16.1 Å². The van der Waals surface area contributed by atoms with Gasteiger partial charge < -0.3 is 20.9 Å². The molecule has 1 aliphatic heterocycles. The molecule has 1 fully saturated rings. The van der Waals surface area contributed by atoms with Crippen molar-refractivity contribution in [3.63, 3.8) is 0 Å². The third-order valence-electron chi connectivity index (χ3n) is 4.24. The first-order valence-electron chi connectivity index (χ1n) is 7.40. The van der Waals surface area contributed by atoms with Crippen molar-refractivity contribution in [1.82, 2.24) is 5.32 Å². The number of hydrogen-bond donors (Lipinski definition) is 3. The first kappa shape index (κ1) is 18.9. The largest absolute Gasteiger partial charge is 0.389 e. The molecule has 0 bridgehead atoms. The highest BCUT2D eigenvalue weighted by Crippen LogP contribution is 2.29. The molecule has 4 N–H and O–H groups in total. The second-order valence-corrected chi connectivity index (χ2v) is 5.70. The van der Waals surface area contributed by atoms with E-state index < -0.39 is 11.5 Å². The predicted molar refractivity (Wildman–Crippen MR) is 87.7 cm³/mol. The minimum atomic E-state index is -0.488. The van der Waals surface area contributed by atoms with Crippen molar-refractivity contribution in [3.05, 3.63) is 35.4 Å². The van der Waals surface area contributed by atoms with Crippen LogP contribution < -0.4 is 11.1 Å². The van der Waals surface area contributed by atoms with Crippen LogP contribution in [0.5, 0.6) is 0 Å². The summed E-state index contributed by atoms with van der Waals surface area (Å²) < 4.78 is 5.32. The number of aliphatic hydroxyl groups is 1. The zero-order valence-electron chi connectivity index (χ0n) is 12.9. The Hall–Kier alpha value is -1.14. The van der Waals surface area contributed by atoms with E-state index in [9.17, 15) is 9.90 Å². The summed E-state index contributed by atoms with van der Waals surface area (Å²) >= 11 is 0. The number of benzene rings is 1. The molecule has 1 aliphatic rings. The van der Waals surface area contributed by atoms with Crippen LogP contribution >= 0.6 is 12.4 Å². The first-order chi connectivity index (χ1) is 10.1. The van der Waals surface area contributed by atoms with Crippen molar-refractivity contribution in [2.45, 2.75) is 32.4 Å². The van der Waals surface area contributed by atoms with Crippen molar-refractivity contribution in [1.29, 1.82) is 0 Å². The molecule has 0 saturated carbocycles.